The van der Waals surface area contributed by atoms with Gasteiger partial charge in [-0.05, 0) is 50.5 Å². The normalized spacial score (nSPS) is 11.8. The highest BCUT2D eigenvalue weighted by Crippen LogP contribution is 2.18. The maximum absolute atomic E-state index is 13.3. The molecule has 0 aliphatic heterocycles. The van der Waals surface area contributed by atoms with Gasteiger partial charge in [0, 0.05) is 10.0 Å². The fraction of sp³-hybridized carbons (Fsp3) is 0.455. The van der Waals surface area contributed by atoms with Crippen molar-refractivity contribution in [2.45, 2.75) is 32.2 Å². The number of benzene rings is 1. The van der Waals surface area contributed by atoms with Crippen LogP contribution < -0.4 is 5.73 Å². The molecule has 0 amide bonds. The van der Waals surface area contributed by atoms with Crippen molar-refractivity contribution < 1.29 is 4.39 Å². The molecule has 0 fully saturated rings. The van der Waals surface area contributed by atoms with Crippen molar-refractivity contribution in [1.29, 1.82) is 0 Å². The quantitative estimate of drug-likeness (QED) is 0.886. The van der Waals surface area contributed by atoms with E-state index in [4.69, 9.17) is 5.73 Å². The summed E-state index contributed by atoms with van der Waals surface area (Å²) in [4.78, 5) is 0. The van der Waals surface area contributed by atoms with Gasteiger partial charge >= 0.3 is 0 Å². The molecule has 0 atom stereocenters. The van der Waals surface area contributed by atoms with E-state index >= 15 is 0 Å². The molecule has 0 saturated carbocycles. The van der Waals surface area contributed by atoms with Crippen LogP contribution in [-0.4, -0.2) is 5.54 Å². The highest BCUT2D eigenvalue weighted by molar-refractivity contribution is 9.10. The largest absolute Gasteiger partial charge is 0.326 e. The summed E-state index contributed by atoms with van der Waals surface area (Å²) >= 11 is 3.32. The Morgan fingerprint density at radius 2 is 2.07 bits per heavy atom. The lowest BCUT2D eigenvalue weighted by Crippen LogP contribution is -2.32. The summed E-state index contributed by atoms with van der Waals surface area (Å²) in [7, 11) is 0. The smallest absolute Gasteiger partial charge is 0.126 e. The van der Waals surface area contributed by atoms with Gasteiger partial charge in [-0.3, -0.25) is 0 Å². The second kappa shape index (κ2) is 4.41. The van der Waals surface area contributed by atoms with E-state index in [1.54, 1.807) is 12.1 Å². The summed E-state index contributed by atoms with van der Waals surface area (Å²) in [5, 5.41) is 0. The van der Waals surface area contributed by atoms with Crippen LogP contribution in [0.1, 0.15) is 25.8 Å². The van der Waals surface area contributed by atoms with E-state index < -0.39 is 0 Å². The van der Waals surface area contributed by atoms with Crippen LogP contribution >= 0.6 is 15.9 Å². The van der Waals surface area contributed by atoms with Gasteiger partial charge in [0.15, 0.2) is 0 Å². The average Bonchev–Trinajstić information content (AvgIpc) is 2.05. The lowest BCUT2D eigenvalue weighted by atomic mass is 9.96. The molecule has 0 unspecified atom stereocenters. The van der Waals surface area contributed by atoms with Crippen molar-refractivity contribution in [3.63, 3.8) is 0 Å². The molecular formula is C11H15BrFN. The van der Waals surface area contributed by atoms with Crippen molar-refractivity contribution in [3.8, 4) is 0 Å². The molecule has 2 N–H and O–H groups in total. The van der Waals surface area contributed by atoms with E-state index in [0.717, 1.165) is 16.5 Å². The second-order valence-corrected chi connectivity index (χ2v) is 5.14. The Labute approximate surface area is 92.6 Å². The standard InChI is InChI=1S/C11H15BrFN/c1-11(2,14)6-5-8-7-9(12)3-4-10(8)13/h3-4,7H,5-6,14H2,1-2H3. The van der Waals surface area contributed by atoms with Crippen LogP contribution in [0.4, 0.5) is 4.39 Å². The molecule has 14 heavy (non-hydrogen) atoms. The highest BCUT2D eigenvalue weighted by Gasteiger charge is 2.12. The Morgan fingerprint density at radius 1 is 1.43 bits per heavy atom. The van der Waals surface area contributed by atoms with Gasteiger partial charge in [0.1, 0.15) is 5.82 Å². The van der Waals surface area contributed by atoms with Crippen LogP contribution in [0.25, 0.3) is 0 Å². The van der Waals surface area contributed by atoms with Crippen LogP contribution in [0.5, 0.6) is 0 Å². The monoisotopic (exact) mass is 259 g/mol. The predicted octanol–water partition coefficient (Wildman–Crippen LogP) is 3.26. The first kappa shape index (κ1) is 11.7. The molecule has 0 heterocycles. The zero-order valence-electron chi connectivity index (χ0n) is 8.48. The summed E-state index contributed by atoms with van der Waals surface area (Å²) in [5.74, 6) is -0.155. The summed E-state index contributed by atoms with van der Waals surface area (Å²) in [6.45, 7) is 3.89. The fourth-order valence-electron chi connectivity index (χ4n) is 1.19. The molecule has 1 aromatic carbocycles. The van der Waals surface area contributed by atoms with Crippen LogP contribution in [0.3, 0.4) is 0 Å². The summed E-state index contributed by atoms with van der Waals surface area (Å²) in [5.41, 5.74) is 6.32. The molecule has 1 aromatic rings. The number of hydrogen-bond acceptors (Lipinski definition) is 1. The number of halogens is 2. The molecule has 0 aromatic heterocycles. The zero-order chi connectivity index (χ0) is 10.8. The number of aryl methyl sites for hydroxylation is 1. The minimum absolute atomic E-state index is 0.155. The molecule has 0 radical (unpaired) electrons. The van der Waals surface area contributed by atoms with E-state index in [-0.39, 0.29) is 11.4 Å². The first-order valence-electron chi connectivity index (χ1n) is 4.61. The van der Waals surface area contributed by atoms with Crippen molar-refractivity contribution in [2.75, 3.05) is 0 Å². The van der Waals surface area contributed by atoms with Crippen molar-refractivity contribution in [3.05, 3.63) is 34.1 Å². The van der Waals surface area contributed by atoms with Crippen molar-refractivity contribution in [1.82, 2.24) is 0 Å². The Morgan fingerprint density at radius 3 is 2.64 bits per heavy atom. The maximum atomic E-state index is 13.3. The van der Waals surface area contributed by atoms with E-state index in [9.17, 15) is 4.39 Å². The number of nitrogens with two attached hydrogens (primary N) is 1. The molecule has 0 aliphatic rings. The van der Waals surface area contributed by atoms with Crippen LogP contribution in [-0.2, 0) is 6.42 Å². The highest BCUT2D eigenvalue weighted by atomic mass is 79.9. The van der Waals surface area contributed by atoms with Gasteiger partial charge in [0.25, 0.3) is 0 Å². The van der Waals surface area contributed by atoms with E-state index in [1.807, 2.05) is 13.8 Å². The van der Waals surface area contributed by atoms with Gasteiger partial charge < -0.3 is 5.73 Å². The van der Waals surface area contributed by atoms with E-state index in [1.165, 1.54) is 6.07 Å². The minimum Gasteiger partial charge on any atom is -0.326 e. The Hall–Kier alpha value is -0.410. The Balaban J connectivity index is 2.72. The molecule has 78 valence electrons. The molecule has 3 heteroatoms. The SMILES string of the molecule is CC(C)(N)CCc1cc(Br)ccc1F. The van der Waals surface area contributed by atoms with Gasteiger partial charge in [-0.2, -0.15) is 0 Å². The molecule has 1 nitrogen and oxygen atoms in total. The number of hydrogen-bond donors (Lipinski definition) is 1. The number of rotatable bonds is 3. The molecule has 0 aliphatic carbocycles. The molecule has 0 spiro atoms. The molecular weight excluding hydrogens is 245 g/mol. The summed E-state index contributed by atoms with van der Waals surface area (Å²) in [6, 6.07) is 4.98. The van der Waals surface area contributed by atoms with Gasteiger partial charge in [0.2, 0.25) is 0 Å². The van der Waals surface area contributed by atoms with Crippen molar-refractivity contribution >= 4 is 15.9 Å². The minimum atomic E-state index is -0.241. The van der Waals surface area contributed by atoms with E-state index in [0.29, 0.717) is 6.42 Å². The van der Waals surface area contributed by atoms with Gasteiger partial charge in [-0.1, -0.05) is 15.9 Å². The van der Waals surface area contributed by atoms with Crippen molar-refractivity contribution in [2.24, 2.45) is 5.73 Å². The van der Waals surface area contributed by atoms with Crippen LogP contribution in [0.15, 0.2) is 22.7 Å². The van der Waals surface area contributed by atoms with Gasteiger partial charge in [-0.15, -0.1) is 0 Å². The lowest BCUT2D eigenvalue weighted by molar-refractivity contribution is 0.470. The summed E-state index contributed by atoms with van der Waals surface area (Å²) in [6.07, 6.45) is 1.45. The zero-order valence-corrected chi connectivity index (χ0v) is 10.1. The molecule has 0 saturated heterocycles. The van der Waals surface area contributed by atoms with Crippen LogP contribution in [0.2, 0.25) is 0 Å². The van der Waals surface area contributed by atoms with Gasteiger partial charge in [-0.25, -0.2) is 4.39 Å². The average molecular weight is 260 g/mol. The van der Waals surface area contributed by atoms with Crippen LogP contribution in [0, 0.1) is 5.82 Å². The third-order valence-corrected chi connectivity index (χ3v) is 2.54. The third-order valence-electron chi connectivity index (χ3n) is 2.05. The van der Waals surface area contributed by atoms with E-state index in [2.05, 4.69) is 15.9 Å². The third kappa shape index (κ3) is 3.76. The first-order chi connectivity index (χ1) is 6.38. The van der Waals surface area contributed by atoms with Gasteiger partial charge in [0.05, 0.1) is 0 Å². The first-order valence-corrected chi connectivity index (χ1v) is 5.40. The summed E-state index contributed by atoms with van der Waals surface area (Å²) < 4.78 is 14.2. The molecule has 1 rings (SSSR count). The Kier molecular flexibility index (Phi) is 3.67. The lowest BCUT2D eigenvalue weighted by Gasteiger charge is -2.18. The predicted molar refractivity (Wildman–Crippen MR) is 60.7 cm³/mol. The molecule has 0 bridgehead atoms. The fourth-order valence-corrected chi connectivity index (χ4v) is 1.60. The Bertz CT molecular complexity index is 318. The maximum Gasteiger partial charge on any atom is 0.126 e. The topological polar surface area (TPSA) is 26.0 Å². The second-order valence-electron chi connectivity index (χ2n) is 4.22.